The number of carbonyl (C=O) groups is 1. The summed E-state index contributed by atoms with van der Waals surface area (Å²) in [7, 11) is 0. The molecule has 3 aromatic rings. The first kappa shape index (κ1) is 20.6. The molecule has 0 spiro atoms. The van der Waals surface area contributed by atoms with Gasteiger partial charge in [-0.3, -0.25) is 0 Å². The Balaban J connectivity index is 1.71. The Bertz CT molecular complexity index is 1030. The van der Waals surface area contributed by atoms with Crippen LogP contribution in [0.3, 0.4) is 0 Å². The minimum absolute atomic E-state index is 0.197. The van der Waals surface area contributed by atoms with Gasteiger partial charge in [0.25, 0.3) is 0 Å². The number of rotatable bonds is 7. The van der Waals surface area contributed by atoms with Crippen LogP contribution in [0.15, 0.2) is 30.5 Å². The van der Waals surface area contributed by atoms with Gasteiger partial charge in [-0.15, -0.1) is 0 Å². The quantitative estimate of drug-likeness (QED) is 0.538. The highest BCUT2D eigenvalue weighted by Crippen LogP contribution is 2.30. The molecule has 2 heterocycles. The van der Waals surface area contributed by atoms with E-state index >= 15 is 0 Å². The van der Waals surface area contributed by atoms with Crippen molar-refractivity contribution in [3.63, 3.8) is 0 Å². The Morgan fingerprint density at radius 3 is 2.76 bits per heavy atom. The number of benzene rings is 1. The molecule has 0 aliphatic rings. The molecule has 1 amide bonds. The second-order valence-corrected chi connectivity index (χ2v) is 8.29. The van der Waals surface area contributed by atoms with Crippen molar-refractivity contribution < 1.29 is 14.6 Å². The number of hydrogen-bond acceptors (Lipinski definition) is 4. The number of nitrogens with zero attached hydrogens (tertiary/aromatic N) is 2. The molecule has 2 aromatic heterocycles. The van der Waals surface area contributed by atoms with Gasteiger partial charge < -0.3 is 20.1 Å². The molecule has 0 fully saturated rings. The van der Waals surface area contributed by atoms with Crippen LogP contribution in [0, 0.1) is 19.8 Å². The van der Waals surface area contributed by atoms with Crippen molar-refractivity contribution in [3.8, 4) is 16.9 Å². The second kappa shape index (κ2) is 8.11. The minimum atomic E-state index is -1.01. The largest absolute Gasteiger partial charge is 0.493 e. The molecule has 29 heavy (non-hydrogen) atoms. The number of amides is 1. The summed E-state index contributed by atoms with van der Waals surface area (Å²) in [5.74, 6) is 1.86. The van der Waals surface area contributed by atoms with E-state index in [0.717, 1.165) is 39.4 Å². The highest BCUT2D eigenvalue weighted by atomic mass is 16.5. The van der Waals surface area contributed by atoms with Gasteiger partial charge in [0.2, 0.25) is 0 Å². The maximum atomic E-state index is 10.9. The SMILES string of the molecule is Cc1nc2c(-c3ccc(OC[C@@H](C)CC(C)(C)NC(=O)O)c(C)c3)ccnc2[nH]1. The summed E-state index contributed by atoms with van der Waals surface area (Å²) in [6, 6.07) is 8.07. The number of aromatic amines is 1. The third-order valence-electron chi connectivity index (χ3n) is 4.82. The standard InChI is InChI=1S/C22H28N4O3/c1-13(11-22(4,5)26-21(27)28)12-29-18-7-6-16(10-14(18)2)17-8-9-23-20-19(17)24-15(3)25-20/h6-10,13,26H,11-12H2,1-5H3,(H,27,28)(H,23,24,25)/t13-/m0/s1. The summed E-state index contributed by atoms with van der Waals surface area (Å²) in [5, 5.41) is 11.5. The van der Waals surface area contributed by atoms with Crippen LogP contribution in [0.5, 0.6) is 5.75 Å². The Kier molecular flexibility index (Phi) is 5.77. The van der Waals surface area contributed by atoms with Gasteiger partial charge in [-0.05, 0) is 69.4 Å². The number of aryl methyl sites for hydroxylation is 2. The van der Waals surface area contributed by atoms with Crippen LogP contribution in [0.1, 0.15) is 38.6 Å². The first-order valence-corrected chi connectivity index (χ1v) is 9.71. The van der Waals surface area contributed by atoms with Gasteiger partial charge >= 0.3 is 6.09 Å². The van der Waals surface area contributed by atoms with E-state index in [4.69, 9.17) is 9.84 Å². The average Bonchev–Trinajstić information content (AvgIpc) is 2.99. The molecule has 0 unspecified atom stereocenters. The first-order chi connectivity index (χ1) is 13.6. The predicted octanol–water partition coefficient (Wildman–Crippen LogP) is 4.69. The molecule has 0 aliphatic heterocycles. The third-order valence-corrected chi connectivity index (χ3v) is 4.82. The number of pyridine rings is 1. The average molecular weight is 396 g/mol. The summed E-state index contributed by atoms with van der Waals surface area (Å²) in [5.41, 5.74) is 4.28. The number of nitrogens with one attached hydrogen (secondary N) is 2. The predicted molar refractivity (Wildman–Crippen MR) is 113 cm³/mol. The summed E-state index contributed by atoms with van der Waals surface area (Å²) in [4.78, 5) is 23.0. The minimum Gasteiger partial charge on any atom is -0.493 e. The van der Waals surface area contributed by atoms with Crippen LogP contribution < -0.4 is 10.1 Å². The van der Waals surface area contributed by atoms with E-state index in [9.17, 15) is 4.79 Å². The highest BCUT2D eigenvalue weighted by Gasteiger charge is 2.23. The van der Waals surface area contributed by atoms with Crippen molar-refractivity contribution in [2.45, 2.75) is 46.6 Å². The molecule has 1 atom stereocenters. The Labute approximate surface area is 170 Å². The summed E-state index contributed by atoms with van der Waals surface area (Å²) < 4.78 is 6.02. The van der Waals surface area contributed by atoms with Gasteiger partial charge in [0, 0.05) is 17.3 Å². The van der Waals surface area contributed by atoms with E-state index in [-0.39, 0.29) is 5.92 Å². The lowest BCUT2D eigenvalue weighted by Crippen LogP contribution is -2.44. The zero-order valence-electron chi connectivity index (χ0n) is 17.5. The lowest BCUT2D eigenvalue weighted by Gasteiger charge is -2.28. The fourth-order valence-corrected chi connectivity index (χ4v) is 3.74. The highest BCUT2D eigenvalue weighted by molar-refractivity contribution is 5.89. The van der Waals surface area contributed by atoms with Crippen molar-refractivity contribution in [2.75, 3.05) is 6.61 Å². The molecule has 1 aromatic carbocycles. The van der Waals surface area contributed by atoms with E-state index < -0.39 is 11.6 Å². The van der Waals surface area contributed by atoms with E-state index in [1.165, 1.54) is 0 Å². The summed E-state index contributed by atoms with van der Waals surface area (Å²) in [6.45, 7) is 10.3. The van der Waals surface area contributed by atoms with E-state index in [0.29, 0.717) is 13.0 Å². The van der Waals surface area contributed by atoms with Crippen molar-refractivity contribution >= 4 is 17.3 Å². The molecule has 3 N–H and O–H groups in total. The monoisotopic (exact) mass is 396 g/mol. The fraction of sp³-hybridized carbons (Fsp3) is 0.409. The van der Waals surface area contributed by atoms with Gasteiger partial charge in [0.05, 0.1) is 6.61 Å². The Morgan fingerprint density at radius 2 is 2.07 bits per heavy atom. The van der Waals surface area contributed by atoms with Crippen molar-refractivity contribution in [1.29, 1.82) is 0 Å². The normalized spacial score (nSPS) is 12.7. The third kappa shape index (κ3) is 5.04. The van der Waals surface area contributed by atoms with Crippen LogP contribution in [-0.4, -0.2) is 38.3 Å². The van der Waals surface area contributed by atoms with E-state index in [1.54, 1.807) is 6.20 Å². The molecule has 0 saturated heterocycles. The number of fused-ring (bicyclic) bond motifs is 1. The maximum absolute atomic E-state index is 10.9. The molecule has 154 valence electrons. The fourth-order valence-electron chi connectivity index (χ4n) is 3.74. The molecular formula is C22H28N4O3. The number of imidazole rings is 1. The van der Waals surface area contributed by atoms with E-state index in [1.807, 2.05) is 45.9 Å². The van der Waals surface area contributed by atoms with Crippen LogP contribution in [-0.2, 0) is 0 Å². The lowest BCUT2D eigenvalue weighted by molar-refractivity contribution is 0.169. The summed E-state index contributed by atoms with van der Waals surface area (Å²) in [6.07, 6.45) is 1.46. The lowest BCUT2D eigenvalue weighted by atomic mass is 9.92. The van der Waals surface area contributed by atoms with Crippen LogP contribution in [0.25, 0.3) is 22.3 Å². The van der Waals surface area contributed by atoms with Crippen molar-refractivity contribution in [1.82, 2.24) is 20.3 Å². The van der Waals surface area contributed by atoms with Crippen LogP contribution in [0.2, 0.25) is 0 Å². The molecule has 3 rings (SSSR count). The van der Waals surface area contributed by atoms with Gasteiger partial charge in [-0.25, -0.2) is 14.8 Å². The van der Waals surface area contributed by atoms with Gasteiger partial charge in [0.15, 0.2) is 5.65 Å². The van der Waals surface area contributed by atoms with Gasteiger partial charge in [0.1, 0.15) is 17.1 Å². The number of hydrogen-bond donors (Lipinski definition) is 3. The molecule has 0 saturated carbocycles. The van der Waals surface area contributed by atoms with Crippen molar-refractivity contribution in [2.24, 2.45) is 5.92 Å². The molecule has 0 radical (unpaired) electrons. The van der Waals surface area contributed by atoms with Crippen molar-refractivity contribution in [3.05, 3.63) is 41.9 Å². The molecule has 7 heteroatoms. The number of ether oxygens (including phenoxy) is 1. The molecule has 7 nitrogen and oxygen atoms in total. The Hall–Kier alpha value is -3.09. The number of H-pyrrole nitrogens is 1. The Morgan fingerprint density at radius 1 is 1.31 bits per heavy atom. The van der Waals surface area contributed by atoms with Crippen LogP contribution >= 0.6 is 0 Å². The zero-order valence-corrected chi connectivity index (χ0v) is 17.5. The van der Waals surface area contributed by atoms with Gasteiger partial charge in [-0.1, -0.05) is 13.0 Å². The summed E-state index contributed by atoms with van der Waals surface area (Å²) >= 11 is 0. The zero-order chi connectivity index (χ0) is 21.2. The van der Waals surface area contributed by atoms with Crippen LogP contribution in [0.4, 0.5) is 4.79 Å². The maximum Gasteiger partial charge on any atom is 0.405 e. The van der Waals surface area contributed by atoms with E-state index in [2.05, 4.69) is 33.3 Å². The molecule has 0 bridgehead atoms. The topological polar surface area (TPSA) is 100 Å². The smallest absolute Gasteiger partial charge is 0.405 e. The second-order valence-electron chi connectivity index (χ2n) is 8.29. The molecule has 0 aliphatic carbocycles. The number of aromatic nitrogens is 3. The number of carboxylic acid groups (broad SMARTS) is 1. The molecular weight excluding hydrogens is 368 g/mol. The first-order valence-electron chi connectivity index (χ1n) is 9.71. The van der Waals surface area contributed by atoms with Gasteiger partial charge in [-0.2, -0.15) is 0 Å².